The number of hydrogen-bond donors (Lipinski definition) is 1. The van der Waals surface area contributed by atoms with Crippen LogP contribution in [0.1, 0.15) is 26.2 Å². The van der Waals surface area contributed by atoms with E-state index in [0.717, 1.165) is 44.7 Å². The molecule has 2 saturated heterocycles. The number of amidine groups is 1. The van der Waals surface area contributed by atoms with E-state index in [1.165, 1.54) is 12.1 Å². The zero-order valence-electron chi connectivity index (χ0n) is 13.3. The summed E-state index contributed by atoms with van der Waals surface area (Å²) >= 11 is 0. The minimum absolute atomic E-state index is 0.272. The summed E-state index contributed by atoms with van der Waals surface area (Å²) in [5, 5.41) is 3.44. The molecule has 0 aromatic heterocycles. The monoisotopic (exact) mass is 316 g/mol. The van der Waals surface area contributed by atoms with Gasteiger partial charge in [-0.1, -0.05) is 6.07 Å². The van der Waals surface area contributed by atoms with Crippen molar-refractivity contribution < 1.29 is 9.18 Å². The van der Waals surface area contributed by atoms with E-state index in [0.29, 0.717) is 5.69 Å². The molecule has 6 heteroatoms. The number of piperidine rings is 1. The molecule has 23 heavy (non-hydrogen) atoms. The second-order valence-electron chi connectivity index (χ2n) is 6.71. The number of hydrogen-bond acceptors (Lipinski definition) is 3. The number of nitrogens with zero attached hydrogens (tertiary/aromatic N) is 3. The van der Waals surface area contributed by atoms with E-state index in [9.17, 15) is 9.18 Å². The van der Waals surface area contributed by atoms with Gasteiger partial charge in [0.1, 0.15) is 17.2 Å². The van der Waals surface area contributed by atoms with Crippen molar-refractivity contribution in [2.45, 2.75) is 37.8 Å². The Balaban J connectivity index is 1.79. The van der Waals surface area contributed by atoms with Gasteiger partial charge in [-0.2, -0.15) is 4.99 Å². The molecule has 0 aliphatic carbocycles. The van der Waals surface area contributed by atoms with Crippen molar-refractivity contribution in [3.63, 3.8) is 0 Å². The Bertz CT molecular complexity index is 672. The molecule has 3 heterocycles. The van der Waals surface area contributed by atoms with Gasteiger partial charge < -0.3 is 10.2 Å². The lowest BCUT2D eigenvalue weighted by molar-refractivity contribution is 0.239. The highest BCUT2D eigenvalue weighted by Gasteiger charge is 2.54. The second kappa shape index (κ2) is 5.30. The van der Waals surface area contributed by atoms with Crippen molar-refractivity contribution in [3.05, 3.63) is 30.1 Å². The lowest BCUT2D eigenvalue weighted by atomic mass is 9.81. The molecule has 1 N–H and O–H groups in total. The van der Waals surface area contributed by atoms with Gasteiger partial charge in [0.05, 0.1) is 0 Å². The smallest absolute Gasteiger partial charge is 0.350 e. The zero-order chi connectivity index (χ0) is 16.0. The quantitative estimate of drug-likeness (QED) is 0.865. The molecule has 0 unspecified atom stereocenters. The van der Waals surface area contributed by atoms with Crippen LogP contribution in [0.4, 0.5) is 14.9 Å². The van der Waals surface area contributed by atoms with Crippen LogP contribution < -0.4 is 10.2 Å². The predicted molar refractivity (Wildman–Crippen MR) is 87.3 cm³/mol. The fourth-order valence-electron chi connectivity index (χ4n) is 4.01. The lowest BCUT2D eigenvalue weighted by Crippen LogP contribution is -2.64. The number of halogens is 1. The Kier molecular flexibility index (Phi) is 3.37. The summed E-state index contributed by atoms with van der Waals surface area (Å²) in [6, 6.07) is 6.30. The van der Waals surface area contributed by atoms with Crippen LogP contribution in [-0.2, 0) is 0 Å². The molecule has 0 bridgehead atoms. The predicted octanol–water partition coefficient (Wildman–Crippen LogP) is 2.38. The number of anilines is 1. The highest BCUT2D eigenvalue weighted by molar-refractivity contribution is 6.16. The Morgan fingerprint density at radius 1 is 1.39 bits per heavy atom. The molecule has 3 aliphatic rings. The third kappa shape index (κ3) is 2.24. The van der Waals surface area contributed by atoms with Gasteiger partial charge in [0, 0.05) is 24.8 Å². The molecule has 1 spiro atoms. The maximum absolute atomic E-state index is 13.7. The van der Waals surface area contributed by atoms with Crippen molar-refractivity contribution in [1.82, 2.24) is 10.2 Å². The normalized spacial score (nSPS) is 30.6. The highest BCUT2D eigenvalue weighted by atomic mass is 19.1. The first kappa shape index (κ1) is 14.6. The number of rotatable bonds is 1. The summed E-state index contributed by atoms with van der Waals surface area (Å²) in [6.07, 6.45) is 2.73. The molecule has 2 atom stereocenters. The van der Waals surface area contributed by atoms with Crippen molar-refractivity contribution in [2.75, 3.05) is 24.5 Å². The standard InChI is InChI=1S/C17H21FN4O/c1-12-11-17(6-7-19-12)15(21-8-3-9-21)20-16(23)22(17)14-5-2-4-13(18)10-14/h2,4-5,10,12,19H,3,6-9,11H2,1H3/t12-,17-/m1/s1. The van der Waals surface area contributed by atoms with Crippen LogP contribution in [0.25, 0.3) is 0 Å². The molecule has 1 aromatic carbocycles. The Morgan fingerprint density at radius 3 is 2.87 bits per heavy atom. The van der Waals surface area contributed by atoms with E-state index < -0.39 is 5.54 Å². The van der Waals surface area contributed by atoms with E-state index in [4.69, 9.17) is 0 Å². The van der Waals surface area contributed by atoms with E-state index >= 15 is 0 Å². The number of likely N-dealkylation sites (tertiary alicyclic amines) is 1. The van der Waals surface area contributed by atoms with Gasteiger partial charge in [0.2, 0.25) is 0 Å². The topological polar surface area (TPSA) is 47.9 Å². The minimum atomic E-state index is -0.448. The SMILES string of the molecule is C[C@@H]1C[C@]2(CCN1)C(N1CCC1)=NC(=O)N2c1cccc(F)c1. The van der Waals surface area contributed by atoms with Crippen molar-refractivity contribution >= 4 is 17.6 Å². The summed E-state index contributed by atoms with van der Waals surface area (Å²) in [6.45, 7) is 4.85. The number of benzene rings is 1. The lowest BCUT2D eigenvalue weighted by Gasteiger charge is -2.48. The molecule has 1 aromatic rings. The molecule has 4 rings (SSSR count). The van der Waals surface area contributed by atoms with Gasteiger partial charge in [-0.25, -0.2) is 9.18 Å². The number of aliphatic imine (C=N–C) groups is 1. The van der Waals surface area contributed by atoms with Crippen LogP contribution in [0.2, 0.25) is 0 Å². The number of carbonyl (C=O) groups excluding carboxylic acids is 1. The number of carbonyl (C=O) groups is 1. The number of amides is 2. The average molecular weight is 316 g/mol. The molecule has 0 saturated carbocycles. The average Bonchev–Trinajstić information content (AvgIpc) is 2.69. The third-order valence-corrected chi connectivity index (χ3v) is 5.13. The van der Waals surface area contributed by atoms with Crippen molar-refractivity contribution in [1.29, 1.82) is 0 Å². The third-order valence-electron chi connectivity index (χ3n) is 5.13. The molecule has 0 radical (unpaired) electrons. The van der Waals surface area contributed by atoms with Crippen LogP contribution in [0.3, 0.4) is 0 Å². The van der Waals surface area contributed by atoms with Crippen LogP contribution in [0.5, 0.6) is 0 Å². The van der Waals surface area contributed by atoms with Crippen molar-refractivity contribution in [3.8, 4) is 0 Å². The van der Waals surface area contributed by atoms with E-state index in [2.05, 4.69) is 22.1 Å². The summed E-state index contributed by atoms with van der Waals surface area (Å²) in [5.41, 5.74) is 0.152. The number of urea groups is 1. The molecular weight excluding hydrogens is 295 g/mol. The van der Waals surface area contributed by atoms with Gasteiger partial charge in [0.25, 0.3) is 0 Å². The summed E-state index contributed by atoms with van der Waals surface area (Å²) in [7, 11) is 0. The van der Waals surface area contributed by atoms with Crippen molar-refractivity contribution in [2.24, 2.45) is 4.99 Å². The Labute approximate surface area is 135 Å². The maximum atomic E-state index is 13.7. The number of nitrogens with one attached hydrogen (secondary N) is 1. The van der Waals surface area contributed by atoms with Crippen LogP contribution in [0, 0.1) is 5.82 Å². The summed E-state index contributed by atoms with van der Waals surface area (Å²) in [5.74, 6) is 0.552. The van der Waals surface area contributed by atoms with E-state index in [1.54, 1.807) is 17.0 Å². The minimum Gasteiger partial charge on any atom is -0.358 e. The van der Waals surface area contributed by atoms with Gasteiger partial charge in [0.15, 0.2) is 0 Å². The molecule has 2 fully saturated rings. The van der Waals surface area contributed by atoms with Crippen LogP contribution in [-0.4, -0.2) is 48.0 Å². The molecular formula is C17H21FN4O. The highest BCUT2D eigenvalue weighted by Crippen LogP contribution is 2.41. The van der Waals surface area contributed by atoms with Gasteiger partial charge in [-0.15, -0.1) is 0 Å². The van der Waals surface area contributed by atoms with E-state index in [1.807, 2.05) is 0 Å². The first-order valence-corrected chi connectivity index (χ1v) is 8.27. The van der Waals surface area contributed by atoms with Crippen LogP contribution >= 0.6 is 0 Å². The van der Waals surface area contributed by atoms with E-state index in [-0.39, 0.29) is 17.9 Å². The zero-order valence-corrected chi connectivity index (χ0v) is 13.3. The Morgan fingerprint density at radius 2 is 2.22 bits per heavy atom. The summed E-state index contributed by atoms with van der Waals surface area (Å²) in [4.78, 5) is 21.0. The molecule has 5 nitrogen and oxygen atoms in total. The fourth-order valence-corrected chi connectivity index (χ4v) is 4.01. The van der Waals surface area contributed by atoms with Gasteiger partial charge in [-0.05, 0) is 50.9 Å². The van der Waals surface area contributed by atoms with Gasteiger partial charge in [-0.3, -0.25) is 4.90 Å². The first-order valence-electron chi connectivity index (χ1n) is 8.27. The second-order valence-corrected chi connectivity index (χ2v) is 6.71. The Hall–Kier alpha value is -1.95. The summed E-state index contributed by atoms with van der Waals surface area (Å²) < 4.78 is 13.7. The molecule has 2 amide bonds. The van der Waals surface area contributed by atoms with Gasteiger partial charge >= 0.3 is 6.03 Å². The molecule has 3 aliphatic heterocycles. The maximum Gasteiger partial charge on any atom is 0.350 e. The van der Waals surface area contributed by atoms with Crippen LogP contribution in [0.15, 0.2) is 29.3 Å². The largest absolute Gasteiger partial charge is 0.358 e. The fraction of sp³-hybridized carbons (Fsp3) is 0.529. The first-order chi connectivity index (χ1) is 11.1. The molecule has 122 valence electrons.